The van der Waals surface area contributed by atoms with Crippen LogP contribution in [0.2, 0.25) is 0 Å². The molecule has 0 saturated carbocycles. The lowest BCUT2D eigenvalue weighted by Gasteiger charge is -2.27. The average Bonchev–Trinajstić information content (AvgIpc) is 2.87. The average molecular weight is 311 g/mol. The van der Waals surface area contributed by atoms with Gasteiger partial charge in [-0.1, -0.05) is 18.2 Å². The first-order valence-corrected chi connectivity index (χ1v) is 8.80. The van der Waals surface area contributed by atoms with E-state index >= 15 is 0 Å². The van der Waals surface area contributed by atoms with Crippen LogP contribution in [0.4, 0.5) is 0 Å². The highest BCUT2D eigenvalue weighted by molar-refractivity contribution is 7.89. The first kappa shape index (κ1) is 16.4. The van der Waals surface area contributed by atoms with Gasteiger partial charge in [-0.15, -0.1) is 0 Å². The summed E-state index contributed by atoms with van der Waals surface area (Å²) in [5.41, 5.74) is 0.829. The second-order valence-electron chi connectivity index (χ2n) is 5.81. The fourth-order valence-corrected chi connectivity index (χ4v) is 4.86. The molecule has 1 heterocycles. The van der Waals surface area contributed by atoms with Crippen LogP contribution in [0.3, 0.4) is 0 Å². The first-order chi connectivity index (χ1) is 9.96. The number of rotatable bonds is 6. The molecule has 1 atom stereocenters. The Morgan fingerprint density at radius 1 is 1.33 bits per heavy atom. The van der Waals surface area contributed by atoms with Crippen molar-refractivity contribution in [2.75, 3.05) is 34.2 Å². The Morgan fingerprint density at radius 2 is 2.05 bits per heavy atom. The summed E-state index contributed by atoms with van der Waals surface area (Å²) in [5, 5.41) is 3.04. The van der Waals surface area contributed by atoms with Crippen molar-refractivity contribution < 1.29 is 8.42 Å². The molecule has 0 amide bonds. The zero-order valence-electron chi connectivity index (χ0n) is 13.0. The van der Waals surface area contributed by atoms with Gasteiger partial charge in [0.2, 0.25) is 10.0 Å². The number of hydrogen-bond acceptors (Lipinski definition) is 4. The Kier molecular flexibility index (Phi) is 5.37. The van der Waals surface area contributed by atoms with Crippen LogP contribution in [0.5, 0.6) is 0 Å². The zero-order valence-corrected chi connectivity index (χ0v) is 13.9. The third-order valence-corrected chi connectivity index (χ3v) is 5.88. The topological polar surface area (TPSA) is 52.7 Å². The zero-order chi connectivity index (χ0) is 15.5. The van der Waals surface area contributed by atoms with Crippen LogP contribution in [-0.4, -0.2) is 57.9 Å². The quantitative estimate of drug-likeness (QED) is 0.855. The number of nitrogens with one attached hydrogen (secondary N) is 1. The van der Waals surface area contributed by atoms with E-state index in [9.17, 15) is 8.42 Å². The van der Waals surface area contributed by atoms with Gasteiger partial charge in [0.1, 0.15) is 0 Å². The van der Waals surface area contributed by atoms with Crippen LogP contribution in [-0.2, 0) is 16.6 Å². The van der Waals surface area contributed by atoms with Gasteiger partial charge < -0.3 is 10.2 Å². The lowest BCUT2D eigenvalue weighted by atomic mass is 10.2. The predicted molar refractivity (Wildman–Crippen MR) is 84.7 cm³/mol. The Bertz CT molecular complexity index is 572. The van der Waals surface area contributed by atoms with E-state index in [0.717, 1.165) is 24.9 Å². The lowest BCUT2D eigenvalue weighted by molar-refractivity contribution is 0.291. The van der Waals surface area contributed by atoms with E-state index < -0.39 is 10.0 Å². The fraction of sp³-hybridized carbons (Fsp3) is 0.600. The van der Waals surface area contributed by atoms with Gasteiger partial charge >= 0.3 is 0 Å². The standard InChI is InChI=1S/C15H25N3O2S/c1-16-11-13-7-4-5-9-15(13)21(19,20)18-10-6-8-14(18)12-17(2)3/h4-5,7,9,14,16H,6,8,10-12H2,1-3H3. The van der Waals surface area contributed by atoms with Gasteiger partial charge in [-0.25, -0.2) is 8.42 Å². The van der Waals surface area contributed by atoms with Crippen LogP contribution < -0.4 is 5.32 Å². The summed E-state index contributed by atoms with van der Waals surface area (Å²) < 4.78 is 27.7. The van der Waals surface area contributed by atoms with E-state index in [4.69, 9.17) is 0 Å². The Balaban J connectivity index is 2.33. The largest absolute Gasteiger partial charge is 0.316 e. The molecule has 0 bridgehead atoms. The monoisotopic (exact) mass is 311 g/mol. The summed E-state index contributed by atoms with van der Waals surface area (Å²) in [4.78, 5) is 2.49. The van der Waals surface area contributed by atoms with Crippen molar-refractivity contribution >= 4 is 10.0 Å². The maximum Gasteiger partial charge on any atom is 0.243 e. The molecule has 21 heavy (non-hydrogen) atoms. The second kappa shape index (κ2) is 6.87. The molecule has 0 radical (unpaired) electrons. The van der Waals surface area contributed by atoms with Gasteiger partial charge in [0, 0.05) is 25.7 Å². The van der Waals surface area contributed by atoms with Gasteiger partial charge in [-0.05, 0) is 45.6 Å². The number of nitrogens with zero attached hydrogens (tertiary/aromatic N) is 2. The van der Waals surface area contributed by atoms with E-state index in [1.807, 2.05) is 33.3 Å². The smallest absolute Gasteiger partial charge is 0.243 e. The third-order valence-electron chi connectivity index (χ3n) is 3.83. The minimum Gasteiger partial charge on any atom is -0.316 e. The number of hydrogen-bond donors (Lipinski definition) is 1. The number of benzene rings is 1. The van der Waals surface area contributed by atoms with Gasteiger partial charge in [0.15, 0.2) is 0 Å². The van der Waals surface area contributed by atoms with Crippen LogP contribution in [0, 0.1) is 0 Å². The molecule has 118 valence electrons. The van der Waals surface area contributed by atoms with E-state index in [0.29, 0.717) is 18.0 Å². The Morgan fingerprint density at radius 3 is 2.71 bits per heavy atom. The van der Waals surface area contributed by atoms with E-state index in [1.54, 1.807) is 16.4 Å². The summed E-state index contributed by atoms with van der Waals surface area (Å²) in [6.07, 6.45) is 1.87. The molecular formula is C15H25N3O2S. The molecule has 1 N–H and O–H groups in total. The van der Waals surface area contributed by atoms with Crippen molar-refractivity contribution in [3.8, 4) is 0 Å². The van der Waals surface area contributed by atoms with Crippen LogP contribution in [0.1, 0.15) is 18.4 Å². The molecule has 6 heteroatoms. The Labute approximate surface area is 128 Å². The van der Waals surface area contributed by atoms with Crippen molar-refractivity contribution in [2.45, 2.75) is 30.3 Å². The molecule has 0 aliphatic carbocycles. The molecule has 1 aliphatic rings. The molecular weight excluding hydrogens is 286 g/mol. The summed E-state index contributed by atoms with van der Waals surface area (Å²) in [7, 11) is 2.38. The second-order valence-corrected chi connectivity index (χ2v) is 7.67. The predicted octanol–water partition coefficient (Wildman–Crippen LogP) is 1.12. The maximum atomic E-state index is 13.0. The SMILES string of the molecule is CNCc1ccccc1S(=O)(=O)N1CCCC1CN(C)C. The lowest BCUT2D eigenvalue weighted by Crippen LogP contribution is -2.41. The van der Waals surface area contributed by atoms with Crippen LogP contribution in [0.25, 0.3) is 0 Å². The van der Waals surface area contributed by atoms with Gasteiger partial charge in [0.25, 0.3) is 0 Å². The highest BCUT2D eigenvalue weighted by Gasteiger charge is 2.36. The van der Waals surface area contributed by atoms with E-state index in [-0.39, 0.29) is 6.04 Å². The molecule has 1 aromatic rings. The van der Waals surface area contributed by atoms with E-state index in [2.05, 4.69) is 10.2 Å². The highest BCUT2D eigenvalue weighted by Crippen LogP contribution is 2.28. The fourth-order valence-electron chi connectivity index (χ4n) is 2.95. The summed E-state index contributed by atoms with van der Waals surface area (Å²) in [6.45, 7) is 1.95. The number of likely N-dealkylation sites (N-methyl/N-ethyl adjacent to an activating group) is 1. The highest BCUT2D eigenvalue weighted by atomic mass is 32.2. The molecule has 1 aliphatic heterocycles. The van der Waals surface area contributed by atoms with Crippen molar-refractivity contribution in [2.24, 2.45) is 0 Å². The first-order valence-electron chi connectivity index (χ1n) is 7.36. The van der Waals surface area contributed by atoms with Crippen molar-refractivity contribution in [3.63, 3.8) is 0 Å². The molecule has 1 unspecified atom stereocenters. The molecule has 0 spiro atoms. The molecule has 5 nitrogen and oxygen atoms in total. The molecule has 0 aromatic heterocycles. The molecule has 2 rings (SSSR count). The molecule has 1 saturated heterocycles. The minimum atomic E-state index is -3.42. The van der Waals surface area contributed by atoms with Gasteiger partial charge in [-0.2, -0.15) is 4.31 Å². The summed E-state index contributed by atoms with van der Waals surface area (Å²) in [5.74, 6) is 0. The van der Waals surface area contributed by atoms with Crippen molar-refractivity contribution in [1.29, 1.82) is 0 Å². The van der Waals surface area contributed by atoms with Gasteiger partial charge in [-0.3, -0.25) is 0 Å². The third kappa shape index (κ3) is 3.63. The normalized spacial score (nSPS) is 20.3. The van der Waals surface area contributed by atoms with Crippen molar-refractivity contribution in [1.82, 2.24) is 14.5 Å². The van der Waals surface area contributed by atoms with Crippen LogP contribution >= 0.6 is 0 Å². The summed E-state index contributed by atoms with van der Waals surface area (Å²) in [6, 6.07) is 7.34. The minimum absolute atomic E-state index is 0.0765. The number of sulfonamides is 1. The Hall–Kier alpha value is -0.950. The maximum absolute atomic E-state index is 13.0. The van der Waals surface area contributed by atoms with E-state index in [1.165, 1.54) is 0 Å². The molecule has 1 fully saturated rings. The van der Waals surface area contributed by atoms with Crippen molar-refractivity contribution in [3.05, 3.63) is 29.8 Å². The molecule has 1 aromatic carbocycles. The van der Waals surface area contributed by atoms with Crippen LogP contribution in [0.15, 0.2) is 29.2 Å². The summed E-state index contributed by atoms with van der Waals surface area (Å²) >= 11 is 0. The van der Waals surface area contributed by atoms with Gasteiger partial charge in [0.05, 0.1) is 4.90 Å².